The summed E-state index contributed by atoms with van der Waals surface area (Å²) in [7, 11) is 0. The molecular weight excluding hydrogens is 362 g/mol. The van der Waals surface area contributed by atoms with Crippen LogP contribution in [0.25, 0.3) is 0 Å². The van der Waals surface area contributed by atoms with E-state index in [0.29, 0.717) is 19.0 Å². The van der Waals surface area contributed by atoms with Gasteiger partial charge in [0.1, 0.15) is 0 Å². The summed E-state index contributed by atoms with van der Waals surface area (Å²) in [6, 6.07) is 12.4. The molecule has 0 spiro atoms. The topological polar surface area (TPSA) is 45.6 Å². The molecule has 2 aliphatic heterocycles. The predicted octanol–water partition coefficient (Wildman–Crippen LogP) is 3.63. The van der Waals surface area contributed by atoms with Crippen molar-refractivity contribution in [2.75, 3.05) is 26.2 Å². The Morgan fingerprint density at radius 2 is 1.59 bits per heavy atom. The number of rotatable bonds is 4. The molecule has 0 N–H and O–H groups in total. The van der Waals surface area contributed by atoms with Gasteiger partial charge < -0.3 is 14.4 Å². The molecule has 0 aliphatic carbocycles. The van der Waals surface area contributed by atoms with E-state index in [1.807, 2.05) is 41.0 Å². The van der Waals surface area contributed by atoms with Crippen LogP contribution in [0.5, 0.6) is 0 Å². The fourth-order valence-corrected chi connectivity index (χ4v) is 4.72. The second-order valence-corrected chi connectivity index (χ2v) is 8.46. The average molecular weight is 394 g/mol. The highest BCUT2D eigenvalue weighted by Gasteiger charge is 2.32. The van der Waals surface area contributed by atoms with Crippen molar-refractivity contribution >= 4 is 11.8 Å². The first-order chi connectivity index (χ1) is 14.0. The molecule has 5 heteroatoms. The molecule has 2 saturated heterocycles. The smallest absolute Gasteiger partial charge is 0.255 e. The van der Waals surface area contributed by atoms with Crippen LogP contribution in [0.15, 0.2) is 36.4 Å². The third kappa shape index (κ3) is 4.09. The number of likely N-dealkylation sites (tertiary alicyclic amines) is 2. The average Bonchev–Trinajstić information content (AvgIpc) is 3.38. The molecule has 0 saturated carbocycles. The van der Waals surface area contributed by atoms with E-state index in [2.05, 4.69) is 23.6 Å². The van der Waals surface area contributed by atoms with Crippen molar-refractivity contribution in [1.29, 1.82) is 0 Å². The maximum atomic E-state index is 13.2. The number of aryl methyl sites for hydroxylation is 1. The van der Waals surface area contributed by atoms with Crippen LogP contribution in [0.4, 0.5) is 0 Å². The molecule has 2 aliphatic rings. The first kappa shape index (κ1) is 19.7. The summed E-state index contributed by atoms with van der Waals surface area (Å²) in [5.74, 6) is 0.489. The highest BCUT2D eigenvalue weighted by Crippen LogP contribution is 2.25. The number of hydrogen-bond acceptors (Lipinski definition) is 2. The van der Waals surface area contributed by atoms with Gasteiger partial charge in [-0.3, -0.25) is 9.59 Å². The molecule has 2 amide bonds. The van der Waals surface area contributed by atoms with E-state index in [1.54, 1.807) is 0 Å². The standard InChI is InChI=1S/C24H31N3O2/c1-18-16-22(19(2)27(18)17-20-8-4-3-5-9-20)24(29)26-14-10-21(11-15-26)23(28)25-12-6-7-13-25/h3-5,8-9,16,21H,6-7,10-15,17H2,1-2H3. The Morgan fingerprint density at radius 1 is 0.931 bits per heavy atom. The summed E-state index contributed by atoms with van der Waals surface area (Å²) in [5.41, 5.74) is 4.15. The van der Waals surface area contributed by atoms with Gasteiger partial charge in [-0.05, 0) is 51.2 Å². The Balaban J connectivity index is 1.41. The van der Waals surface area contributed by atoms with Gasteiger partial charge in [0, 0.05) is 50.0 Å². The first-order valence-corrected chi connectivity index (χ1v) is 10.8. The lowest BCUT2D eigenvalue weighted by Gasteiger charge is -2.33. The molecular formula is C24H31N3O2. The van der Waals surface area contributed by atoms with Gasteiger partial charge in [0.25, 0.3) is 5.91 Å². The highest BCUT2D eigenvalue weighted by molar-refractivity contribution is 5.96. The van der Waals surface area contributed by atoms with Crippen LogP contribution in [0.1, 0.15) is 53.0 Å². The second-order valence-electron chi connectivity index (χ2n) is 8.46. The minimum absolute atomic E-state index is 0.0858. The van der Waals surface area contributed by atoms with Gasteiger partial charge in [0.05, 0.1) is 5.56 Å². The molecule has 2 fully saturated rings. The number of hydrogen-bond donors (Lipinski definition) is 0. The van der Waals surface area contributed by atoms with E-state index >= 15 is 0 Å². The van der Waals surface area contributed by atoms with Crippen molar-refractivity contribution in [3.8, 4) is 0 Å². The van der Waals surface area contributed by atoms with E-state index in [4.69, 9.17) is 0 Å². The van der Waals surface area contributed by atoms with Gasteiger partial charge in [-0.25, -0.2) is 0 Å². The third-order valence-corrected chi connectivity index (χ3v) is 6.54. The van der Waals surface area contributed by atoms with E-state index in [1.165, 1.54) is 5.56 Å². The van der Waals surface area contributed by atoms with E-state index in [-0.39, 0.29) is 11.8 Å². The van der Waals surface area contributed by atoms with Gasteiger partial charge >= 0.3 is 0 Å². The van der Waals surface area contributed by atoms with Crippen molar-refractivity contribution in [3.63, 3.8) is 0 Å². The number of carbonyl (C=O) groups is 2. The van der Waals surface area contributed by atoms with Gasteiger partial charge in [0.15, 0.2) is 0 Å². The van der Waals surface area contributed by atoms with Crippen molar-refractivity contribution in [3.05, 3.63) is 58.9 Å². The normalized spacial score (nSPS) is 17.7. The number of aromatic nitrogens is 1. The van der Waals surface area contributed by atoms with Crippen LogP contribution in [-0.4, -0.2) is 52.4 Å². The summed E-state index contributed by atoms with van der Waals surface area (Å²) < 4.78 is 2.21. The Bertz CT molecular complexity index is 873. The first-order valence-electron chi connectivity index (χ1n) is 10.8. The number of nitrogens with zero attached hydrogens (tertiary/aromatic N) is 3. The van der Waals surface area contributed by atoms with Crippen LogP contribution in [0, 0.1) is 19.8 Å². The summed E-state index contributed by atoms with van der Waals surface area (Å²) >= 11 is 0. The van der Waals surface area contributed by atoms with Gasteiger partial charge in [-0.2, -0.15) is 0 Å². The maximum absolute atomic E-state index is 13.2. The Morgan fingerprint density at radius 3 is 2.24 bits per heavy atom. The molecule has 0 radical (unpaired) electrons. The number of amides is 2. The molecule has 2 aromatic rings. The Hall–Kier alpha value is -2.56. The largest absolute Gasteiger partial charge is 0.344 e. The van der Waals surface area contributed by atoms with Gasteiger partial charge in [-0.15, -0.1) is 0 Å². The number of carbonyl (C=O) groups excluding carboxylic acids is 2. The van der Waals surface area contributed by atoms with E-state index < -0.39 is 0 Å². The molecule has 0 atom stereocenters. The zero-order chi connectivity index (χ0) is 20.4. The molecule has 154 valence electrons. The van der Waals surface area contributed by atoms with Crippen LogP contribution >= 0.6 is 0 Å². The van der Waals surface area contributed by atoms with Crippen molar-refractivity contribution in [2.45, 2.75) is 46.1 Å². The molecule has 3 heterocycles. The molecule has 4 rings (SSSR count). The van der Waals surface area contributed by atoms with Crippen LogP contribution in [0.2, 0.25) is 0 Å². The maximum Gasteiger partial charge on any atom is 0.255 e. The van der Waals surface area contributed by atoms with E-state index in [9.17, 15) is 9.59 Å². The van der Waals surface area contributed by atoms with Gasteiger partial charge in [-0.1, -0.05) is 30.3 Å². The predicted molar refractivity (Wildman–Crippen MR) is 114 cm³/mol. The molecule has 1 aromatic heterocycles. The van der Waals surface area contributed by atoms with Crippen LogP contribution in [-0.2, 0) is 11.3 Å². The highest BCUT2D eigenvalue weighted by atomic mass is 16.2. The zero-order valence-corrected chi connectivity index (χ0v) is 17.6. The van der Waals surface area contributed by atoms with Crippen LogP contribution in [0.3, 0.4) is 0 Å². The number of benzene rings is 1. The molecule has 5 nitrogen and oxygen atoms in total. The Labute approximate surface area is 173 Å². The second kappa shape index (κ2) is 8.44. The zero-order valence-electron chi connectivity index (χ0n) is 17.6. The lowest BCUT2D eigenvalue weighted by atomic mass is 9.95. The molecule has 29 heavy (non-hydrogen) atoms. The van der Waals surface area contributed by atoms with E-state index in [0.717, 1.165) is 62.3 Å². The quantitative estimate of drug-likeness (QED) is 0.796. The lowest BCUT2D eigenvalue weighted by molar-refractivity contribution is -0.135. The Kier molecular flexibility index (Phi) is 5.74. The number of piperidine rings is 1. The SMILES string of the molecule is Cc1cc(C(=O)N2CCC(C(=O)N3CCCC3)CC2)c(C)n1Cc1ccccc1. The summed E-state index contributed by atoms with van der Waals surface area (Å²) in [4.78, 5) is 29.8. The third-order valence-electron chi connectivity index (χ3n) is 6.54. The van der Waals surface area contributed by atoms with Crippen molar-refractivity contribution < 1.29 is 9.59 Å². The minimum Gasteiger partial charge on any atom is -0.344 e. The molecule has 1 aromatic carbocycles. The van der Waals surface area contributed by atoms with Crippen molar-refractivity contribution in [2.24, 2.45) is 5.92 Å². The lowest BCUT2D eigenvalue weighted by Crippen LogP contribution is -2.43. The summed E-state index contributed by atoms with van der Waals surface area (Å²) in [6.45, 7) is 8.03. The fourth-order valence-electron chi connectivity index (χ4n) is 4.72. The summed E-state index contributed by atoms with van der Waals surface area (Å²) in [6.07, 6.45) is 3.82. The molecule has 0 unspecified atom stereocenters. The monoisotopic (exact) mass is 393 g/mol. The van der Waals surface area contributed by atoms with Gasteiger partial charge in [0.2, 0.25) is 5.91 Å². The van der Waals surface area contributed by atoms with Crippen molar-refractivity contribution in [1.82, 2.24) is 14.4 Å². The summed E-state index contributed by atoms with van der Waals surface area (Å²) in [5, 5.41) is 0. The molecule has 0 bridgehead atoms. The van der Waals surface area contributed by atoms with Crippen LogP contribution < -0.4 is 0 Å². The minimum atomic E-state index is 0.0858. The fraction of sp³-hybridized carbons (Fsp3) is 0.500.